The lowest BCUT2D eigenvalue weighted by Gasteiger charge is -2.17. The monoisotopic (exact) mass is 372 g/mol. The lowest BCUT2D eigenvalue weighted by Crippen LogP contribution is -2.29. The number of likely N-dealkylation sites (N-methyl/N-ethyl adjacent to an activating group) is 1. The number of methoxy groups -OCH3 is 2. The van der Waals surface area contributed by atoms with Crippen molar-refractivity contribution in [1.29, 1.82) is 0 Å². The predicted octanol–water partition coefficient (Wildman–Crippen LogP) is 1.75. The third-order valence-corrected chi connectivity index (χ3v) is 3.65. The summed E-state index contributed by atoms with van der Waals surface area (Å²) < 4.78 is 10.1. The van der Waals surface area contributed by atoms with Crippen LogP contribution in [0.1, 0.15) is 5.56 Å². The van der Waals surface area contributed by atoms with Crippen molar-refractivity contribution < 1.29 is 19.1 Å². The van der Waals surface area contributed by atoms with Crippen LogP contribution >= 0.6 is 0 Å². The Labute approximate surface area is 158 Å². The number of amides is 2. The number of rotatable bonds is 9. The van der Waals surface area contributed by atoms with E-state index in [0.29, 0.717) is 23.7 Å². The minimum Gasteiger partial charge on any atom is -0.494 e. The molecular formula is C19H24N4O4. The quantitative estimate of drug-likeness (QED) is 0.697. The highest BCUT2D eigenvalue weighted by atomic mass is 16.5. The minimum absolute atomic E-state index is 0.0501. The highest BCUT2D eigenvalue weighted by Gasteiger charge is 2.11. The molecule has 2 amide bonds. The Morgan fingerprint density at radius 2 is 1.81 bits per heavy atom. The molecule has 1 heterocycles. The van der Waals surface area contributed by atoms with Gasteiger partial charge in [0.15, 0.2) is 0 Å². The molecule has 2 aromatic rings. The average Bonchev–Trinajstić information content (AvgIpc) is 2.63. The van der Waals surface area contributed by atoms with Crippen LogP contribution in [0.15, 0.2) is 42.7 Å². The Morgan fingerprint density at radius 1 is 1.07 bits per heavy atom. The number of benzene rings is 1. The largest absolute Gasteiger partial charge is 0.494 e. The highest BCUT2D eigenvalue weighted by Crippen LogP contribution is 2.28. The Hall–Kier alpha value is -2.97. The van der Waals surface area contributed by atoms with Gasteiger partial charge in [-0.05, 0) is 36.9 Å². The van der Waals surface area contributed by atoms with Gasteiger partial charge >= 0.3 is 0 Å². The lowest BCUT2D eigenvalue weighted by atomic mass is 10.2. The summed E-state index contributed by atoms with van der Waals surface area (Å²) in [6.45, 7) is 0.826. The fraction of sp³-hybridized carbons (Fsp3) is 0.316. The van der Waals surface area contributed by atoms with Gasteiger partial charge in [-0.3, -0.25) is 19.5 Å². The zero-order chi connectivity index (χ0) is 19.6. The number of hydrogen-bond acceptors (Lipinski definition) is 6. The van der Waals surface area contributed by atoms with Crippen LogP contribution in [0.4, 0.5) is 11.4 Å². The maximum absolute atomic E-state index is 12.3. The van der Waals surface area contributed by atoms with Crippen LogP contribution in [0.25, 0.3) is 0 Å². The first-order valence-electron chi connectivity index (χ1n) is 8.36. The molecule has 0 saturated carbocycles. The van der Waals surface area contributed by atoms with Gasteiger partial charge in [0, 0.05) is 37.8 Å². The highest BCUT2D eigenvalue weighted by molar-refractivity contribution is 5.95. The summed E-state index contributed by atoms with van der Waals surface area (Å²) in [4.78, 5) is 29.8. The summed E-state index contributed by atoms with van der Waals surface area (Å²) in [5.41, 5.74) is 2.17. The van der Waals surface area contributed by atoms with Crippen molar-refractivity contribution in [3.05, 3.63) is 48.3 Å². The van der Waals surface area contributed by atoms with E-state index in [-0.39, 0.29) is 25.0 Å². The van der Waals surface area contributed by atoms with Crippen LogP contribution in [-0.2, 0) is 20.9 Å². The molecule has 1 aromatic carbocycles. The van der Waals surface area contributed by atoms with E-state index >= 15 is 0 Å². The van der Waals surface area contributed by atoms with E-state index < -0.39 is 0 Å². The Kier molecular flexibility index (Phi) is 7.72. The van der Waals surface area contributed by atoms with E-state index in [0.717, 1.165) is 5.56 Å². The van der Waals surface area contributed by atoms with Gasteiger partial charge in [-0.25, -0.2) is 0 Å². The second-order valence-electron chi connectivity index (χ2n) is 5.97. The van der Waals surface area contributed by atoms with E-state index in [1.807, 2.05) is 24.1 Å². The molecule has 0 saturated heterocycles. The summed E-state index contributed by atoms with van der Waals surface area (Å²) in [7, 11) is 4.81. The van der Waals surface area contributed by atoms with E-state index in [9.17, 15) is 9.59 Å². The van der Waals surface area contributed by atoms with Crippen molar-refractivity contribution >= 4 is 23.2 Å². The third-order valence-electron chi connectivity index (χ3n) is 3.65. The Bertz CT molecular complexity index is 768. The first-order chi connectivity index (χ1) is 13.0. The number of carbonyl (C=O) groups is 2. The number of nitrogens with one attached hydrogen (secondary N) is 2. The minimum atomic E-state index is -0.287. The average molecular weight is 372 g/mol. The summed E-state index contributed by atoms with van der Waals surface area (Å²) in [6, 6.07) is 8.85. The molecule has 1 aromatic heterocycles. The number of pyridine rings is 1. The summed E-state index contributed by atoms with van der Waals surface area (Å²) in [6.07, 6.45) is 3.45. The molecule has 8 heteroatoms. The number of carbonyl (C=O) groups excluding carboxylic acids is 2. The molecule has 0 atom stereocenters. The Morgan fingerprint density at radius 3 is 2.48 bits per heavy atom. The molecule has 2 rings (SSSR count). The van der Waals surface area contributed by atoms with Gasteiger partial charge in [-0.2, -0.15) is 0 Å². The number of ether oxygens (including phenoxy) is 2. The summed E-state index contributed by atoms with van der Waals surface area (Å²) in [5.74, 6) is 0.0116. The van der Waals surface area contributed by atoms with Crippen molar-refractivity contribution in [3.63, 3.8) is 0 Å². The van der Waals surface area contributed by atoms with Crippen LogP contribution in [0.5, 0.6) is 5.75 Å². The van der Waals surface area contributed by atoms with Crippen molar-refractivity contribution in [3.8, 4) is 5.75 Å². The van der Waals surface area contributed by atoms with Crippen LogP contribution in [-0.4, -0.2) is 56.1 Å². The first kappa shape index (κ1) is 20.3. The van der Waals surface area contributed by atoms with Gasteiger partial charge in [0.2, 0.25) is 11.8 Å². The lowest BCUT2D eigenvalue weighted by molar-refractivity contribution is -0.119. The number of anilines is 2. The third kappa shape index (κ3) is 6.69. The predicted molar refractivity (Wildman–Crippen MR) is 103 cm³/mol. The van der Waals surface area contributed by atoms with Gasteiger partial charge in [0.25, 0.3) is 0 Å². The molecule has 0 radical (unpaired) electrons. The van der Waals surface area contributed by atoms with Crippen molar-refractivity contribution in [1.82, 2.24) is 9.88 Å². The number of aromatic nitrogens is 1. The van der Waals surface area contributed by atoms with Crippen molar-refractivity contribution in [2.75, 3.05) is 45.1 Å². The molecule has 144 valence electrons. The zero-order valence-corrected chi connectivity index (χ0v) is 15.7. The van der Waals surface area contributed by atoms with Crippen LogP contribution < -0.4 is 15.4 Å². The van der Waals surface area contributed by atoms with Gasteiger partial charge in [-0.15, -0.1) is 0 Å². The van der Waals surface area contributed by atoms with E-state index in [1.54, 1.807) is 30.6 Å². The van der Waals surface area contributed by atoms with Gasteiger partial charge in [0.1, 0.15) is 12.4 Å². The smallest absolute Gasteiger partial charge is 0.250 e. The summed E-state index contributed by atoms with van der Waals surface area (Å²) >= 11 is 0. The molecule has 0 unspecified atom stereocenters. The zero-order valence-electron chi connectivity index (χ0n) is 15.7. The normalized spacial score (nSPS) is 10.5. The van der Waals surface area contributed by atoms with Gasteiger partial charge < -0.3 is 20.1 Å². The van der Waals surface area contributed by atoms with Crippen LogP contribution in [0.3, 0.4) is 0 Å². The first-order valence-corrected chi connectivity index (χ1v) is 8.36. The van der Waals surface area contributed by atoms with Gasteiger partial charge in [-0.1, -0.05) is 0 Å². The van der Waals surface area contributed by atoms with E-state index in [4.69, 9.17) is 9.47 Å². The number of hydrogen-bond donors (Lipinski definition) is 2. The van der Waals surface area contributed by atoms with E-state index in [1.165, 1.54) is 14.2 Å². The van der Waals surface area contributed by atoms with Crippen LogP contribution in [0, 0.1) is 0 Å². The Balaban J connectivity index is 1.93. The molecule has 0 aliphatic heterocycles. The molecule has 2 N–H and O–H groups in total. The number of nitrogens with zero attached hydrogens (tertiary/aromatic N) is 2. The standard InChI is InChI=1S/C19H24N4O4/c1-23(11-14-6-8-20-9-7-14)12-18(24)21-15-4-5-16(17(10-15)27-3)22-19(25)13-26-2/h4-10H,11-13H2,1-3H3,(H,21,24)(H,22,25). The molecule has 27 heavy (non-hydrogen) atoms. The molecule has 0 bridgehead atoms. The van der Waals surface area contributed by atoms with E-state index in [2.05, 4.69) is 15.6 Å². The topological polar surface area (TPSA) is 92.8 Å². The van der Waals surface area contributed by atoms with Crippen LogP contribution in [0.2, 0.25) is 0 Å². The molecule has 0 aliphatic rings. The summed E-state index contributed by atoms with van der Waals surface area (Å²) in [5, 5.41) is 5.52. The second kappa shape index (κ2) is 10.2. The fourth-order valence-corrected chi connectivity index (χ4v) is 2.49. The van der Waals surface area contributed by atoms with Crippen molar-refractivity contribution in [2.45, 2.75) is 6.54 Å². The molecule has 8 nitrogen and oxygen atoms in total. The molecule has 0 spiro atoms. The maximum atomic E-state index is 12.3. The second-order valence-corrected chi connectivity index (χ2v) is 5.97. The SMILES string of the molecule is COCC(=O)Nc1ccc(NC(=O)CN(C)Cc2ccncc2)cc1OC. The molecule has 0 fully saturated rings. The maximum Gasteiger partial charge on any atom is 0.250 e. The van der Waals surface area contributed by atoms with Gasteiger partial charge in [0.05, 0.1) is 19.3 Å². The fourth-order valence-electron chi connectivity index (χ4n) is 2.49. The van der Waals surface area contributed by atoms with Crippen molar-refractivity contribution in [2.24, 2.45) is 0 Å². The molecule has 0 aliphatic carbocycles. The molecular weight excluding hydrogens is 348 g/mol.